The van der Waals surface area contributed by atoms with Crippen LogP contribution in [0.15, 0.2) is 18.2 Å². The van der Waals surface area contributed by atoms with E-state index in [4.69, 9.17) is 24.1 Å². The SMILES string of the molecule is [2H][13C]([2H])([2H])Oc1cccc2c1C(=O)c1c(O)c3c(c(O)c1C2=O)C[C@](O)([C@@H](O)CO)C[C@H]3OC1CC(N)C(O)C(C)O1. The first kappa shape index (κ1) is 23.8. The first-order chi connectivity index (χ1) is 19.6. The second kappa shape index (κ2) is 9.82. The number of phenolic OH excluding ortho intramolecular Hbond substituents is 2. The van der Waals surface area contributed by atoms with Crippen molar-refractivity contribution in [3.05, 3.63) is 51.6 Å². The van der Waals surface area contributed by atoms with Crippen molar-refractivity contribution in [2.24, 2.45) is 5.73 Å². The summed E-state index contributed by atoms with van der Waals surface area (Å²) < 4.78 is 39.0. The Morgan fingerprint density at radius 1 is 1.21 bits per heavy atom. The van der Waals surface area contributed by atoms with Crippen molar-refractivity contribution in [1.82, 2.24) is 0 Å². The molecule has 0 radical (unpaired) electrons. The number of rotatable bonds is 5. The van der Waals surface area contributed by atoms with Crippen molar-refractivity contribution in [2.45, 2.75) is 68.5 Å². The maximum Gasteiger partial charge on any atom is 0.202 e. The third kappa shape index (κ3) is 4.19. The van der Waals surface area contributed by atoms with Gasteiger partial charge in [0.1, 0.15) is 23.4 Å². The minimum Gasteiger partial charge on any atom is -0.507 e. The number of aromatic hydroxyl groups is 2. The van der Waals surface area contributed by atoms with Crippen molar-refractivity contribution < 1.29 is 58.6 Å². The lowest BCUT2D eigenvalue weighted by Gasteiger charge is -2.44. The second-order valence-corrected chi connectivity index (χ2v) is 10.2. The predicted octanol–water partition coefficient (Wildman–Crippen LogP) is -0.207. The third-order valence-corrected chi connectivity index (χ3v) is 7.86. The summed E-state index contributed by atoms with van der Waals surface area (Å²) in [7, 11) is -2.97. The lowest BCUT2D eigenvalue weighted by atomic mass is 9.71. The van der Waals surface area contributed by atoms with E-state index in [1.165, 1.54) is 18.2 Å². The van der Waals surface area contributed by atoms with Gasteiger partial charge in [-0.3, -0.25) is 9.59 Å². The zero-order valence-corrected chi connectivity index (χ0v) is 20.8. The highest BCUT2D eigenvalue weighted by molar-refractivity contribution is 6.31. The van der Waals surface area contributed by atoms with Crippen LogP contribution >= 0.6 is 0 Å². The van der Waals surface area contributed by atoms with E-state index < -0.39 is 114 Å². The normalized spacial score (nSPS) is 32.3. The summed E-state index contributed by atoms with van der Waals surface area (Å²) in [4.78, 5) is 27.4. The van der Waals surface area contributed by atoms with E-state index in [0.29, 0.717) is 0 Å². The zero-order chi connectivity index (χ0) is 30.9. The number of aliphatic hydroxyl groups excluding tert-OH is 3. The molecule has 0 saturated carbocycles. The van der Waals surface area contributed by atoms with Gasteiger partial charge in [-0.2, -0.15) is 0 Å². The summed E-state index contributed by atoms with van der Waals surface area (Å²) in [5, 5.41) is 64.6. The van der Waals surface area contributed by atoms with Crippen molar-refractivity contribution in [2.75, 3.05) is 13.6 Å². The molecule has 0 amide bonds. The van der Waals surface area contributed by atoms with E-state index in [0.717, 1.165) is 0 Å². The number of ether oxygens (including phenoxy) is 3. The van der Waals surface area contributed by atoms with Gasteiger partial charge in [-0.1, -0.05) is 12.1 Å². The predicted molar refractivity (Wildman–Crippen MR) is 133 cm³/mol. The summed E-state index contributed by atoms with van der Waals surface area (Å²) in [5.74, 6) is -3.91. The van der Waals surface area contributed by atoms with Crippen LogP contribution in [0.2, 0.25) is 0 Å². The summed E-state index contributed by atoms with van der Waals surface area (Å²) >= 11 is 0. The van der Waals surface area contributed by atoms with Gasteiger partial charge in [-0.25, -0.2) is 0 Å². The quantitative estimate of drug-likeness (QED) is 0.163. The molecule has 0 aromatic heterocycles. The first-order valence-corrected chi connectivity index (χ1v) is 12.4. The summed E-state index contributed by atoms with van der Waals surface area (Å²) in [6.07, 6.45) is -7.00. The Morgan fingerprint density at radius 3 is 2.59 bits per heavy atom. The summed E-state index contributed by atoms with van der Waals surface area (Å²) in [6.45, 7) is 0.683. The fraction of sp³-hybridized carbons (Fsp3) is 0.481. The molecule has 1 heterocycles. The average molecular weight is 550 g/mol. The Kier molecular flexibility index (Phi) is 5.98. The van der Waals surface area contributed by atoms with Crippen LogP contribution in [-0.4, -0.2) is 92.1 Å². The molecule has 210 valence electrons. The molecule has 12 nitrogen and oxygen atoms in total. The minimum absolute atomic E-state index is 0.0172. The molecule has 1 aliphatic heterocycles. The van der Waals surface area contributed by atoms with E-state index in [9.17, 15) is 40.2 Å². The molecule has 39 heavy (non-hydrogen) atoms. The Labute approximate surface area is 227 Å². The van der Waals surface area contributed by atoms with Gasteiger partial charge in [-0.15, -0.1) is 0 Å². The van der Waals surface area contributed by atoms with Crippen LogP contribution in [0.5, 0.6) is 17.2 Å². The van der Waals surface area contributed by atoms with E-state index >= 15 is 0 Å². The first-order valence-electron chi connectivity index (χ1n) is 13.9. The number of hydrogen-bond donors (Lipinski definition) is 7. The van der Waals surface area contributed by atoms with Gasteiger partial charge in [0.2, 0.25) is 5.78 Å². The standard InChI is InChI=1S/C27H31NO11/c1-10-22(31)13(28)6-17(38-10)39-15-8-27(36,16(30)9-29)7-12-19(15)26(35)21-20(24(12)33)23(32)11-4-3-5-14(37-2)18(11)25(21)34/h3-5,10,13,15-17,22,29-31,33,35-36H,6-9,28H2,1-2H3/t10?,13?,15-,16+,17?,22?,27-/m1/s1/i2+1D3. The maximum absolute atomic E-state index is 13.8. The molecule has 2 aromatic rings. The number of benzene rings is 2. The lowest BCUT2D eigenvalue weighted by Crippen LogP contribution is -2.53. The van der Waals surface area contributed by atoms with Crippen molar-refractivity contribution in [1.29, 1.82) is 0 Å². The molecule has 4 unspecified atom stereocenters. The maximum atomic E-state index is 13.8. The van der Waals surface area contributed by atoms with Crippen molar-refractivity contribution in [3.63, 3.8) is 0 Å². The molecule has 2 aromatic carbocycles. The molecule has 5 rings (SSSR count). The molecule has 1 fully saturated rings. The van der Waals surface area contributed by atoms with Crippen molar-refractivity contribution >= 4 is 11.6 Å². The van der Waals surface area contributed by atoms with E-state index in [1.807, 2.05) is 0 Å². The number of carbonyl (C=O) groups is 2. The van der Waals surface area contributed by atoms with Gasteiger partial charge in [0.25, 0.3) is 0 Å². The molecular weight excluding hydrogens is 515 g/mol. The van der Waals surface area contributed by atoms with Crippen LogP contribution in [0.3, 0.4) is 0 Å². The van der Waals surface area contributed by atoms with Gasteiger partial charge < -0.3 is 50.6 Å². The van der Waals surface area contributed by atoms with Crippen LogP contribution in [0, 0.1) is 0 Å². The Hall–Kier alpha value is -3.10. The highest BCUT2D eigenvalue weighted by atomic mass is 16.7. The largest absolute Gasteiger partial charge is 0.507 e. The smallest absolute Gasteiger partial charge is 0.202 e. The fourth-order valence-corrected chi connectivity index (χ4v) is 5.76. The topological polar surface area (TPSA) is 209 Å². The van der Waals surface area contributed by atoms with Gasteiger partial charge in [0, 0.05) is 42.0 Å². The fourth-order valence-electron chi connectivity index (χ4n) is 5.76. The number of carbonyl (C=O) groups excluding carboxylic acids is 2. The molecule has 8 N–H and O–H groups in total. The van der Waals surface area contributed by atoms with E-state index in [2.05, 4.69) is 0 Å². The Bertz CT molecular complexity index is 1440. The van der Waals surface area contributed by atoms with Gasteiger partial charge in [0.05, 0.1) is 58.4 Å². The van der Waals surface area contributed by atoms with Crippen LogP contribution in [-0.2, 0) is 15.9 Å². The molecule has 12 heteroatoms. The number of hydrogen-bond acceptors (Lipinski definition) is 12. The summed E-state index contributed by atoms with van der Waals surface area (Å²) in [6, 6.07) is 2.94. The Morgan fingerprint density at radius 2 is 1.92 bits per heavy atom. The molecule has 7 atom stereocenters. The van der Waals surface area contributed by atoms with Crippen LogP contribution < -0.4 is 10.5 Å². The Balaban J connectivity index is 1.68. The average Bonchev–Trinajstić information content (AvgIpc) is 2.90. The van der Waals surface area contributed by atoms with Crippen LogP contribution in [0.1, 0.15) is 73.0 Å². The summed E-state index contributed by atoms with van der Waals surface area (Å²) in [5.41, 5.74) is 1.56. The van der Waals surface area contributed by atoms with Crippen LogP contribution in [0.4, 0.5) is 0 Å². The molecule has 2 aliphatic carbocycles. The number of aliphatic hydroxyl groups is 4. The van der Waals surface area contributed by atoms with E-state index in [-0.39, 0.29) is 23.1 Å². The van der Waals surface area contributed by atoms with Crippen molar-refractivity contribution in [3.8, 4) is 17.2 Å². The molecular formula is C27H31NO11. The molecule has 0 spiro atoms. The second-order valence-electron chi connectivity index (χ2n) is 10.2. The monoisotopic (exact) mass is 549 g/mol. The minimum atomic E-state index is -2.97. The highest BCUT2D eigenvalue weighted by Crippen LogP contribution is 2.52. The number of nitrogens with two attached hydrogens (primary N) is 1. The lowest BCUT2D eigenvalue weighted by molar-refractivity contribution is -0.251. The number of methoxy groups -OCH3 is 1. The highest BCUT2D eigenvalue weighted by Gasteiger charge is 2.50. The van der Waals surface area contributed by atoms with Gasteiger partial charge in [-0.05, 0) is 13.0 Å². The number of fused-ring (bicyclic) bond motifs is 3. The number of phenols is 2. The van der Waals surface area contributed by atoms with E-state index in [1.54, 1.807) is 6.92 Å². The third-order valence-electron chi connectivity index (χ3n) is 7.86. The molecule has 1 saturated heterocycles. The molecule has 0 bridgehead atoms. The number of ketones is 2. The molecule has 3 aliphatic rings. The zero-order valence-electron chi connectivity index (χ0n) is 23.8. The van der Waals surface area contributed by atoms with Gasteiger partial charge >= 0.3 is 0 Å². The van der Waals surface area contributed by atoms with Gasteiger partial charge in [0.15, 0.2) is 12.1 Å². The van der Waals surface area contributed by atoms with Crippen LogP contribution in [0.25, 0.3) is 0 Å².